The third-order valence-corrected chi connectivity index (χ3v) is 3.66. The lowest BCUT2D eigenvalue weighted by Gasteiger charge is -2.39. The third kappa shape index (κ3) is 2.09. The van der Waals surface area contributed by atoms with Gasteiger partial charge in [0.25, 0.3) is 0 Å². The Morgan fingerprint density at radius 2 is 2.25 bits per heavy atom. The van der Waals surface area contributed by atoms with E-state index in [4.69, 9.17) is 0 Å². The molecule has 0 saturated heterocycles. The van der Waals surface area contributed by atoms with Crippen molar-refractivity contribution in [3.63, 3.8) is 0 Å². The van der Waals surface area contributed by atoms with Gasteiger partial charge in [-0.25, -0.2) is 0 Å². The number of hydrogen-bond acceptors (Lipinski definition) is 1. The van der Waals surface area contributed by atoms with Crippen LogP contribution in [0.15, 0.2) is 0 Å². The standard InChI is InChI=1S/C11H20O/c1-10-6-3-4-7-11(10,2)8-5-9-12/h9-10H,3-8H2,1-2H3/t10-,11-/m1/s1. The van der Waals surface area contributed by atoms with Gasteiger partial charge in [-0.1, -0.05) is 33.1 Å². The normalized spacial score (nSPS) is 36.3. The molecule has 1 heteroatoms. The largest absolute Gasteiger partial charge is 0.303 e. The molecule has 12 heavy (non-hydrogen) atoms. The van der Waals surface area contributed by atoms with Crippen molar-refractivity contribution >= 4 is 6.29 Å². The maximum absolute atomic E-state index is 10.3. The molecule has 1 aliphatic carbocycles. The van der Waals surface area contributed by atoms with Crippen LogP contribution in [-0.4, -0.2) is 6.29 Å². The molecule has 0 heterocycles. The highest BCUT2D eigenvalue weighted by molar-refractivity contribution is 5.49. The van der Waals surface area contributed by atoms with Crippen LogP contribution in [0.1, 0.15) is 52.4 Å². The second kappa shape index (κ2) is 4.06. The molecule has 1 saturated carbocycles. The van der Waals surface area contributed by atoms with Crippen LogP contribution in [0.4, 0.5) is 0 Å². The fourth-order valence-electron chi connectivity index (χ4n) is 2.33. The first-order chi connectivity index (χ1) is 5.69. The molecule has 0 spiro atoms. The SMILES string of the molecule is C[C@@H]1CCCC[C@]1(C)CCC=O. The summed E-state index contributed by atoms with van der Waals surface area (Å²) in [5.74, 6) is 0.811. The number of carbonyl (C=O) groups is 1. The molecule has 1 fully saturated rings. The van der Waals surface area contributed by atoms with Crippen LogP contribution in [-0.2, 0) is 4.79 Å². The van der Waals surface area contributed by atoms with E-state index in [1.165, 1.54) is 25.7 Å². The van der Waals surface area contributed by atoms with E-state index >= 15 is 0 Å². The van der Waals surface area contributed by atoms with Gasteiger partial charge >= 0.3 is 0 Å². The Bertz CT molecular complexity index is 153. The molecule has 0 N–H and O–H groups in total. The van der Waals surface area contributed by atoms with Crippen LogP contribution in [0.25, 0.3) is 0 Å². The third-order valence-electron chi connectivity index (χ3n) is 3.66. The topological polar surface area (TPSA) is 17.1 Å². The van der Waals surface area contributed by atoms with Crippen LogP contribution in [0.5, 0.6) is 0 Å². The van der Waals surface area contributed by atoms with Gasteiger partial charge in [0.15, 0.2) is 0 Å². The molecule has 70 valence electrons. The Balaban J connectivity index is 2.47. The molecular weight excluding hydrogens is 148 g/mol. The predicted octanol–water partition coefficient (Wildman–Crippen LogP) is 3.18. The van der Waals surface area contributed by atoms with Crippen LogP contribution < -0.4 is 0 Å². The first-order valence-corrected chi connectivity index (χ1v) is 5.13. The highest BCUT2D eigenvalue weighted by atomic mass is 16.1. The Hall–Kier alpha value is -0.330. The zero-order valence-electron chi connectivity index (χ0n) is 8.31. The van der Waals surface area contributed by atoms with E-state index in [0.717, 1.165) is 25.0 Å². The molecule has 0 radical (unpaired) electrons. The molecule has 0 amide bonds. The Morgan fingerprint density at radius 3 is 2.83 bits per heavy atom. The van der Waals surface area contributed by atoms with Crippen LogP contribution in [0.2, 0.25) is 0 Å². The van der Waals surface area contributed by atoms with Gasteiger partial charge in [-0.3, -0.25) is 0 Å². The molecule has 0 aromatic carbocycles. The van der Waals surface area contributed by atoms with E-state index in [1.807, 2.05) is 0 Å². The van der Waals surface area contributed by atoms with Crippen LogP contribution in [0, 0.1) is 11.3 Å². The lowest BCUT2D eigenvalue weighted by molar-refractivity contribution is -0.108. The number of rotatable bonds is 3. The minimum atomic E-state index is 0.458. The molecule has 0 unspecified atom stereocenters. The van der Waals surface area contributed by atoms with Gasteiger partial charge < -0.3 is 4.79 Å². The van der Waals surface area contributed by atoms with Crippen molar-refractivity contribution in [2.75, 3.05) is 0 Å². The summed E-state index contributed by atoms with van der Waals surface area (Å²) in [5.41, 5.74) is 0.458. The lowest BCUT2D eigenvalue weighted by atomic mass is 9.66. The Labute approximate surface area is 75.5 Å². The summed E-state index contributed by atoms with van der Waals surface area (Å²) in [6.07, 6.45) is 8.33. The van der Waals surface area contributed by atoms with Crippen molar-refractivity contribution in [2.45, 2.75) is 52.4 Å². The van der Waals surface area contributed by atoms with Crippen LogP contribution in [0.3, 0.4) is 0 Å². The zero-order chi connectivity index (χ0) is 9.03. The summed E-state index contributed by atoms with van der Waals surface area (Å²) < 4.78 is 0. The van der Waals surface area contributed by atoms with Gasteiger partial charge in [-0.05, 0) is 24.2 Å². The maximum Gasteiger partial charge on any atom is 0.120 e. The van der Waals surface area contributed by atoms with Crippen molar-refractivity contribution in [3.05, 3.63) is 0 Å². The van der Waals surface area contributed by atoms with Crippen molar-refractivity contribution in [2.24, 2.45) is 11.3 Å². The first kappa shape index (κ1) is 9.76. The van der Waals surface area contributed by atoms with Gasteiger partial charge in [0.2, 0.25) is 0 Å². The minimum Gasteiger partial charge on any atom is -0.303 e. The van der Waals surface area contributed by atoms with Crippen molar-refractivity contribution in [1.29, 1.82) is 0 Å². The van der Waals surface area contributed by atoms with E-state index < -0.39 is 0 Å². The van der Waals surface area contributed by atoms with E-state index in [1.54, 1.807) is 0 Å². The van der Waals surface area contributed by atoms with Crippen molar-refractivity contribution in [3.8, 4) is 0 Å². The summed E-state index contributed by atoms with van der Waals surface area (Å²) >= 11 is 0. The molecule has 1 rings (SSSR count). The molecule has 2 atom stereocenters. The summed E-state index contributed by atoms with van der Waals surface area (Å²) in [4.78, 5) is 10.3. The summed E-state index contributed by atoms with van der Waals surface area (Å²) in [6, 6.07) is 0. The molecular formula is C11H20O. The van der Waals surface area contributed by atoms with E-state index in [2.05, 4.69) is 13.8 Å². The Kier molecular flexibility index (Phi) is 3.30. The molecule has 1 aliphatic rings. The molecule has 1 nitrogen and oxygen atoms in total. The van der Waals surface area contributed by atoms with Gasteiger partial charge in [0.1, 0.15) is 6.29 Å². The van der Waals surface area contributed by atoms with Gasteiger partial charge in [-0.15, -0.1) is 0 Å². The monoisotopic (exact) mass is 168 g/mol. The van der Waals surface area contributed by atoms with E-state index in [9.17, 15) is 4.79 Å². The molecule has 0 aliphatic heterocycles. The summed E-state index contributed by atoms with van der Waals surface area (Å²) in [7, 11) is 0. The van der Waals surface area contributed by atoms with Gasteiger partial charge in [-0.2, -0.15) is 0 Å². The Morgan fingerprint density at radius 1 is 1.50 bits per heavy atom. The second-order valence-corrected chi connectivity index (χ2v) is 4.51. The van der Waals surface area contributed by atoms with Crippen molar-refractivity contribution < 1.29 is 4.79 Å². The summed E-state index contributed by atoms with van der Waals surface area (Å²) in [6.45, 7) is 4.68. The quantitative estimate of drug-likeness (QED) is 0.591. The highest BCUT2D eigenvalue weighted by Crippen LogP contribution is 2.43. The number of aldehydes is 1. The van der Waals surface area contributed by atoms with Crippen molar-refractivity contribution in [1.82, 2.24) is 0 Å². The van der Waals surface area contributed by atoms with Gasteiger partial charge in [0.05, 0.1) is 0 Å². The predicted molar refractivity (Wildman–Crippen MR) is 51.0 cm³/mol. The average molecular weight is 168 g/mol. The fraction of sp³-hybridized carbons (Fsp3) is 0.909. The number of hydrogen-bond donors (Lipinski definition) is 0. The first-order valence-electron chi connectivity index (χ1n) is 5.13. The highest BCUT2D eigenvalue weighted by Gasteiger charge is 2.32. The average Bonchev–Trinajstić information content (AvgIpc) is 2.07. The molecule has 0 aromatic rings. The number of carbonyl (C=O) groups excluding carboxylic acids is 1. The molecule has 0 bridgehead atoms. The summed E-state index contributed by atoms with van der Waals surface area (Å²) in [5, 5.41) is 0. The lowest BCUT2D eigenvalue weighted by Crippen LogP contribution is -2.28. The van der Waals surface area contributed by atoms with E-state index in [-0.39, 0.29) is 0 Å². The maximum atomic E-state index is 10.3. The molecule has 0 aromatic heterocycles. The van der Waals surface area contributed by atoms with Gasteiger partial charge in [0, 0.05) is 6.42 Å². The minimum absolute atomic E-state index is 0.458. The van der Waals surface area contributed by atoms with E-state index in [0.29, 0.717) is 5.41 Å². The smallest absolute Gasteiger partial charge is 0.120 e. The van der Waals surface area contributed by atoms with Crippen LogP contribution >= 0.6 is 0 Å². The fourth-order valence-corrected chi connectivity index (χ4v) is 2.33. The second-order valence-electron chi connectivity index (χ2n) is 4.51. The zero-order valence-corrected chi connectivity index (χ0v) is 8.31.